The molecule has 1 rings (SSSR count). The Bertz CT molecular complexity index is 385. The maximum absolute atomic E-state index is 12.5. The molecule has 0 saturated carbocycles. The summed E-state index contributed by atoms with van der Waals surface area (Å²) in [6, 6.07) is 5.01. The molecule has 2 N–H and O–H groups in total. The van der Waals surface area contributed by atoms with Gasteiger partial charge in [-0.3, -0.25) is 4.90 Å². The molecule has 6 heteroatoms. The third-order valence-corrected chi connectivity index (χ3v) is 3.37. The predicted octanol–water partition coefficient (Wildman–Crippen LogP) is 3.80. The van der Waals surface area contributed by atoms with E-state index >= 15 is 0 Å². The summed E-state index contributed by atoms with van der Waals surface area (Å²) in [5, 5.41) is 0. The normalized spacial score (nSPS) is 12.4. The van der Waals surface area contributed by atoms with Crippen molar-refractivity contribution < 1.29 is 13.2 Å². The number of nitrogens with two attached hydrogens (primary N) is 1. The van der Waals surface area contributed by atoms with Crippen molar-refractivity contribution in [2.75, 3.05) is 12.3 Å². The molecule has 0 saturated heterocycles. The third kappa shape index (κ3) is 4.49. The van der Waals surface area contributed by atoms with Crippen molar-refractivity contribution in [2.24, 2.45) is 0 Å². The molecule has 0 aliphatic carbocycles. The highest BCUT2D eigenvalue weighted by Crippen LogP contribution is 2.26. The van der Waals surface area contributed by atoms with Crippen molar-refractivity contribution >= 4 is 21.6 Å². The van der Waals surface area contributed by atoms with E-state index in [0.29, 0.717) is 11.3 Å². The largest absolute Gasteiger partial charge is 0.401 e. The molecule has 0 aliphatic rings. The number of nitrogen functional groups attached to an aromatic ring is 1. The smallest absolute Gasteiger partial charge is 0.398 e. The molecule has 2 nitrogen and oxygen atoms in total. The lowest BCUT2D eigenvalue weighted by Crippen LogP contribution is -2.38. The van der Waals surface area contributed by atoms with Crippen molar-refractivity contribution in [1.82, 2.24) is 4.90 Å². The fourth-order valence-electron chi connectivity index (χ4n) is 1.60. The van der Waals surface area contributed by atoms with Crippen LogP contribution in [0.25, 0.3) is 0 Å². The molecule has 0 unspecified atom stereocenters. The lowest BCUT2D eigenvalue weighted by atomic mass is 10.1. The Morgan fingerprint density at radius 2 is 1.94 bits per heavy atom. The van der Waals surface area contributed by atoms with Crippen LogP contribution in [0.5, 0.6) is 0 Å². The van der Waals surface area contributed by atoms with Gasteiger partial charge in [0.25, 0.3) is 0 Å². The molecule has 0 fully saturated rings. The Balaban J connectivity index is 2.90. The van der Waals surface area contributed by atoms with E-state index in [1.807, 2.05) is 0 Å². The van der Waals surface area contributed by atoms with Crippen LogP contribution < -0.4 is 5.73 Å². The van der Waals surface area contributed by atoms with Gasteiger partial charge in [0.05, 0.1) is 6.54 Å². The van der Waals surface area contributed by atoms with E-state index in [9.17, 15) is 13.2 Å². The summed E-state index contributed by atoms with van der Waals surface area (Å²) < 4.78 is 38.2. The summed E-state index contributed by atoms with van der Waals surface area (Å²) in [5.41, 5.74) is 6.98. The van der Waals surface area contributed by atoms with Crippen LogP contribution in [0.15, 0.2) is 22.7 Å². The molecule has 0 spiro atoms. The number of rotatable bonds is 4. The highest BCUT2D eigenvalue weighted by molar-refractivity contribution is 9.10. The van der Waals surface area contributed by atoms with Gasteiger partial charge >= 0.3 is 6.18 Å². The van der Waals surface area contributed by atoms with E-state index in [0.717, 1.165) is 4.47 Å². The summed E-state index contributed by atoms with van der Waals surface area (Å²) in [7, 11) is 0. The fourth-order valence-corrected chi connectivity index (χ4v) is 2.10. The van der Waals surface area contributed by atoms with Crippen LogP contribution in [0.3, 0.4) is 0 Å². The number of benzene rings is 1. The first-order valence-electron chi connectivity index (χ1n) is 5.54. The van der Waals surface area contributed by atoms with Gasteiger partial charge in [0.1, 0.15) is 0 Å². The van der Waals surface area contributed by atoms with Gasteiger partial charge in [-0.2, -0.15) is 13.2 Å². The SMILES string of the molecule is CC(C)N(Cc1c(N)cccc1Br)CC(F)(F)F. The summed E-state index contributed by atoms with van der Waals surface area (Å²) in [6.45, 7) is 2.70. The molecule has 0 bridgehead atoms. The molecular formula is C12H16BrF3N2. The maximum Gasteiger partial charge on any atom is 0.401 e. The summed E-state index contributed by atoms with van der Waals surface area (Å²) in [6.07, 6.45) is -4.21. The van der Waals surface area contributed by atoms with Crippen LogP contribution in [0.1, 0.15) is 19.4 Å². The molecule has 18 heavy (non-hydrogen) atoms. The fraction of sp³-hybridized carbons (Fsp3) is 0.500. The van der Waals surface area contributed by atoms with Crippen LogP contribution in [0, 0.1) is 0 Å². The van der Waals surface area contributed by atoms with E-state index < -0.39 is 12.7 Å². The second kappa shape index (κ2) is 5.93. The molecule has 0 amide bonds. The van der Waals surface area contributed by atoms with E-state index in [1.54, 1.807) is 32.0 Å². The van der Waals surface area contributed by atoms with E-state index in [1.165, 1.54) is 4.90 Å². The lowest BCUT2D eigenvalue weighted by Gasteiger charge is -2.28. The van der Waals surface area contributed by atoms with Crippen LogP contribution in [0.2, 0.25) is 0 Å². The topological polar surface area (TPSA) is 29.3 Å². The van der Waals surface area contributed by atoms with Crippen LogP contribution in [-0.4, -0.2) is 23.7 Å². The molecular weight excluding hydrogens is 309 g/mol. The average Bonchev–Trinajstić information content (AvgIpc) is 2.20. The zero-order chi connectivity index (χ0) is 13.9. The molecule has 1 aromatic carbocycles. The van der Waals surface area contributed by atoms with Crippen molar-refractivity contribution in [3.05, 3.63) is 28.2 Å². The highest BCUT2D eigenvalue weighted by Gasteiger charge is 2.32. The zero-order valence-corrected chi connectivity index (χ0v) is 11.8. The van der Waals surface area contributed by atoms with E-state index in [-0.39, 0.29) is 12.6 Å². The van der Waals surface area contributed by atoms with E-state index in [2.05, 4.69) is 15.9 Å². The first kappa shape index (κ1) is 15.3. The van der Waals surface area contributed by atoms with Gasteiger partial charge in [0.15, 0.2) is 0 Å². The third-order valence-electron chi connectivity index (χ3n) is 2.63. The van der Waals surface area contributed by atoms with Crippen LogP contribution in [-0.2, 0) is 6.54 Å². The average molecular weight is 325 g/mol. The number of halogens is 4. The van der Waals surface area contributed by atoms with Crippen LogP contribution >= 0.6 is 15.9 Å². The van der Waals surface area contributed by atoms with Gasteiger partial charge < -0.3 is 5.73 Å². The predicted molar refractivity (Wildman–Crippen MR) is 70.2 cm³/mol. The van der Waals surface area contributed by atoms with Crippen LogP contribution in [0.4, 0.5) is 18.9 Å². The first-order chi connectivity index (χ1) is 8.20. The second-order valence-corrected chi connectivity index (χ2v) is 5.28. The lowest BCUT2D eigenvalue weighted by molar-refractivity contribution is -0.150. The molecule has 1 aromatic rings. The number of hydrogen-bond donors (Lipinski definition) is 1. The Labute approximate surface area is 113 Å². The number of hydrogen-bond acceptors (Lipinski definition) is 2. The van der Waals surface area contributed by atoms with E-state index in [4.69, 9.17) is 5.73 Å². The van der Waals surface area contributed by atoms with Crippen molar-refractivity contribution in [2.45, 2.75) is 32.6 Å². The molecule has 102 valence electrons. The highest BCUT2D eigenvalue weighted by atomic mass is 79.9. The Morgan fingerprint density at radius 1 is 1.33 bits per heavy atom. The van der Waals surface area contributed by atoms with Gasteiger partial charge in [0.2, 0.25) is 0 Å². The maximum atomic E-state index is 12.5. The standard InChI is InChI=1S/C12H16BrF3N2/c1-8(2)18(7-12(14,15)16)6-9-10(13)4-3-5-11(9)17/h3-5,8H,6-7,17H2,1-2H3. The number of alkyl halides is 3. The van der Waals surface area contributed by atoms with Gasteiger partial charge in [-0.05, 0) is 26.0 Å². The van der Waals surface area contributed by atoms with Gasteiger partial charge in [-0.25, -0.2) is 0 Å². The molecule has 0 heterocycles. The van der Waals surface area contributed by atoms with Crippen molar-refractivity contribution in [3.8, 4) is 0 Å². The minimum atomic E-state index is -4.21. The molecule has 0 aliphatic heterocycles. The molecule has 0 aromatic heterocycles. The van der Waals surface area contributed by atoms with Gasteiger partial charge in [-0.15, -0.1) is 0 Å². The Hall–Kier alpha value is -0.750. The second-order valence-electron chi connectivity index (χ2n) is 4.42. The summed E-state index contributed by atoms with van der Waals surface area (Å²) >= 11 is 3.32. The quantitative estimate of drug-likeness (QED) is 0.853. The minimum Gasteiger partial charge on any atom is -0.398 e. The number of nitrogens with zero attached hydrogens (tertiary/aromatic N) is 1. The van der Waals surface area contributed by atoms with Gasteiger partial charge in [-0.1, -0.05) is 22.0 Å². The summed E-state index contributed by atoms with van der Waals surface area (Å²) in [5.74, 6) is 0. The minimum absolute atomic E-state index is 0.171. The Morgan fingerprint density at radius 3 is 2.39 bits per heavy atom. The first-order valence-corrected chi connectivity index (χ1v) is 6.33. The monoisotopic (exact) mass is 324 g/mol. The summed E-state index contributed by atoms with van der Waals surface area (Å²) in [4.78, 5) is 1.34. The Kier molecular flexibility index (Phi) is 5.04. The zero-order valence-electron chi connectivity index (χ0n) is 10.3. The molecule has 0 atom stereocenters. The van der Waals surface area contributed by atoms with Crippen molar-refractivity contribution in [1.29, 1.82) is 0 Å². The van der Waals surface area contributed by atoms with Crippen molar-refractivity contribution in [3.63, 3.8) is 0 Å². The number of anilines is 1. The molecule has 0 radical (unpaired) electrons. The van der Waals surface area contributed by atoms with Gasteiger partial charge in [0, 0.05) is 28.3 Å².